The third-order valence-electron chi connectivity index (χ3n) is 2.37. The molecule has 2 heterocycles. The molecule has 1 aromatic carbocycles. The van der Waals surface area contributed by atoms with E-state index in [1.807, 2.05) is 0 Å². The largest absolute Gasteiger partial charge is 0.448 e. The van der Waals surface area contributed by atoms with Gasteiger partial charge < -0.3 is 9.47 Å². The van der Waals surface area contributed by atoms with Crippen molar-refractivity contribution in [3.63, 3.8) is 0 Å². The Kier molecular flexibility index (Phi) is 2.16. The topological polar surface area (TPSA) is 44.2 Å². The zero-order valence-corrected chi connectivity index (χ0v) is 8.73. The highest BCUT2D eigenvalue weighted by atomic mass is 19.4. The molecule has 7 heteroatoms. The van der Waals surface area contributed by atoms with E-state index in [0.29, 0.717) is 5.75 Å². The number of halogens is 3. The smallest absolute Gasteiger partial charge is 0.416 e. The van der Waals surface area contributed by atoms with E-state index in [4.69, 9.17) is 9.47 Å². The molecule has 0 bridgehead atoms. The van der Waals surface area contributed by atoms with E-state index in [2.05, 4.69) is 10.2 Å². The van der Waals surface area contributed by atoms with E-state index in [-0.39, 0.29) is 17.2 Å². The Bertz CT molecular complexity index is 613. The monoisotopic (exact) mass is 254 g/mol. The minimum Gasteiger partial charge on any atom is -0.448 e. The lowest BCUT2D eigenvalue weighted by atomic mass is 10.2. The fourth-order valence-electron chi connectivity index (χ4n) is 1.54. The van der Waals surface area contributed by atoms with Gasteiger partial charge >= 0.3 is 6.18 Å². The van der Waals surface area contributed by atoms with Crippen LogP contribution in [0, 0.1) is 0 Å². The molecule has 0 N–H and O–H groups in total. The molecule has 0 fully saturated rings. The van der Waals surface area contributed by atoms with Gasteiger partial charge in [0, 0.05) is 0 Å². The van der Waals surface area contributed by atoms with Gasteiger partial charge in [-0.15, -0.1) is 0 Å². The van der Waals surface area contributed by atoms with Crippen LogP contribution in [-0.4, -0.2) is 10.2 Å². The molecule has 0 saturated carbocycles. The van der Waals surface area contributed by atoms with Crippen LogP contribution in [0.15, 0.2) is 30.6 Å². The van der Waals surface area contributed by atoms with Crippen molar-refractivity contribution in [3.05, 3.63) is 36.2 Å². The van der Waals surface area contributed by atoms with Gasteiger partial charge in [0.2, 0.25) is 0 Å². The number of aromatic nitrogens is 2. The minimum atomic E-state index is -4.42. The molecule has 3 rings (SSSR count). The molecule has 4 nitrogen and oxygen atoms in total. The highest BCUT2D eigenvalue weighted by Crippen LogP contribution is 2.46. The molecule has 2 aromatic rings. The molecule has 0 aliphatic carbocycles. The zero-order chi connectivity index (χ0) is 12.8. The fraction of sp³-hybridized carbons (Fsp3) is 0.0909. The molecular weight excluding hydrogens is 249 g/mol. The van der Waals surface area contributed by atoms with Gasteiger partial charge in [-0.25, -0.2) is 0 Å². The quantitative estimate of drug-likeness (QED) is 0.616. The number of alkyl halides is 3. The Balaban J connectivity index is 2.04. The second-order valence-corrected chi connectivity index (χ2v) is 3.58. The molecule has 0 unspecified atom stereocenters. The summed E-state index contributed by atoms with van der Waals surface area (Å²) in [6.07, 6.45) is -1.82. The van der Waals surface area contributed by atoms with E-state index in [1.165, 1.54) is 18.5 Å². The van der Waals surface area contributed by atoms with Crippen LogP contribution < -0.4 is 9.47 Å². The summed E-state index contributed by atoms with van der Waals surface area (Å²) in [5.74, 6) is 0.767. The standard InChI is InChI=1S/C11H5F3N2O2/c12-11(13,14)6-1-2-7-8(3-6)18-10-5-16-15-4-9(10)17-7/h1-5H. The second-order valence-electron chi connectivity index (χ2n) is 3.58. The molecule has 18 heavy (non-hydrogen) atoms. The van der Waals surface area contributed by atoms with Crippen LogP contribution in [-0.2, 0) is 6.18 Å². The molecule has 0 radical (unpaired) electrons. The van der Waals surface area contributed by atoms with E-state index in [0.717, 1.165) is 12.1 Å². The highest BCUT2D eigenvalue weighted by molar-refractivity contribution is 5.54. The number of benzene rings is 1. The van der Waals surface area contributed by atoms with Crippen molar-refractivity contribution in [1.29, 1.82) is 0 Å². The molecule has 0 spiro atoms. The van der Waals surface area contributed by atoms with Crippen LogP contribution in [0.25, 0.3) is 0 Å². The van der Waals surface area contributed by atoms with E-state index in [9.17, 15) is 13.2 Å². The second kappa shape index (κ2) is 3.59. The predicted molar refractivity (Wildman–Crippen MR) is 53.6 cm³/mol. The van der Waals surface area contributed by atoms with Gasteiger partial charge in [0.1, 0.15) is 0 Å². The van der Waals surface area contributed by atoms with Gasteiger partial charge in [0.05, 0.1) is 18.0 Å². The normalized spacial score (nSPS) is 13.1. The van der Waals surface area contributed by atoms with Crippen LogP contribution in [0.3, 0.4) is 0 Å². The molecule has 1 aliphatic heterocycles. The van der Waals surface area contributed by atoms with Crippen molar-refractivity contribution in [2.45, 2.75) is 6.18 Å². The lowest BCUT2D eigenvalue weighted by Crippen LogP contribution is -2.07. The minimum absolute atomic E-state index is 0.00493. The molecule has 0 saturated heterocycles. The van der Waals surface area contributed by atoms with Gasteiger partial charge in [-0.2, -0.15) is 23.4 Å². The highest BCUT2D eigenvalue weighted by Gasteiger charge is 2.32. The van der Waals surface area contributed by atoms with Crippen LogP contribution >= 0.6 is 0 Å². The molecule has 0 amide bonds. The van der Waals surface area contributed by atoms with Crippen molar-refractivity contribution < 1.29 is 22.6 Å². The van der Waals surface area contributed by atoms with Crippen LogP contribution in [0.2, 0.25) is 0 Å². The van der Waals surface area contributed by atoms with E-state index < -0.39 is 11.7 Å². The number of ether oxygens (including phenoxy) is 2. The third kappa shape index (κ3) is 1.73. The summed E-state index contributed by atoms with van der Waals surface area (Å²) >= 11 is 0. The summed E-state index contributed by atoms with van der Waals surface area (Å²) in [6.45, 7) is 0. The van der Waals surface area contributed by atoms with Crippen LogP contribution in [0.4, 0.5) is 13.2 Å². The Morgan fingerprint density at radius 2 is 1.44 bits per heavy atom. The summed E-state index contributed by atoms with van der Waals surface area (Å²) in [7, 11) is 0. The molecule has 92 valence electrons. The van der Waals surface area contributed by atoms with Crippen molar-refractivity contribution in [3.8, 4) is 23.0 Å². The fourth-order valence-corrected chi connectivity index (χ4v) is 1.54. The number of nitrogens with zero attached hydrogens (tertiary/aromatic N) is 2. The summed E-state index contributed by atoms with van der Waals surface area (Å²) < 4.78 is 48.2. The van der Waals surface area contributed by atoms with E-state index >= 15 is 0 Å². The Hall–Kier alpha value is -2.31. The lowest BCUT2D eigenvalue weighted by molar-refractivity contribution is -0.137. The third-order valence-corrected chi connectivity index (χ3v) is 2.37. The molecular formula is C11H5F3N2O2. The number of rotatable bonds is 0. The Morgan fingerprint density at radius 3 is 2.06 bits per heavy atom. The van der Waals surface area contributed by atoms with E-state index in [1.54, 1.807) is 0 Å². The SMILES string of the molecule is FC(F)(F)c1ccc2c(c1)Oc1cnncc1O2. The molecule has 1 aliphatic rings. The van der Waals surface area contributed by atoms with Crippen molar-refractivity contribution >= 4 is 0 Å². The average molecular weight is 254 g/mol. The lowest BCUT2D eigenvalue weighted by Gasteiger charge is -2.20. The summed E-state index contributed by atoms with van der Waals surface area (Å²) in [5.41, 5.74) is -0.796. The number of hydrogen-bond donors (Lipinski definition) is 0. The van der Waals surface area contributed by atoms with Crippen molar-refractivity contribution in [1.82, 2.24) is 10.2 Å². The van der Waals surface area contributed by atoms with Crippen LogP contribution in [0.1, 0.15) is 5.56 Å². The first-order valence-corrected chi connectivity index (χ1v) is 4.92. The maximum atomic E-state index is 12.5. The summed E-state index contributed by atoms with van der Waals surface area (Å²) in [5, 5.41) is 7.16. The zero-order valence-electron chi connectivity index (χ0n) is 8.73. The van der Waals surface area contributed by atoms with Crippen molar-refractivity contribution in [2.75, 3.05) is 0 Å². The average Bonchev–Trinajstić information content (AvgIpc) is 2.34. The van der Waals surface area contributed by atoms with Gasteiger partial charge in [-0.1, -0.05) is 0 Å². The van der Waals surface area contributed by atoms with Gasteiger partial charge in [-0.05, 0) is 18.2 Å². The summed E-state index contributed by atoms with van der Waals surface area (Å²) in [6, 6.07) is 3.03. The number of fused-ring (bicyclic) bond motifs is 2. The summed E-state index contributed by atoms with van der Waals surface area (Å²) in [4.78, 5) is 0. The maximum Gasteiger partial charge on any atom is 0.416 e. The first kappa shape index (κ1) is 10.8. The van der Waals surface area contributed by atoms with Gasteiger partial charge in [0.15, 0.2) is 23.0 Å². The predicted octanol–water partition coefficient (Wildman–Crippen LogP) is 3.39. The Labute approximate surface area is 99.0 Å². The maximum absolute atomic E-state index is 12.5. The van der Waals surface area contributed by atoms with Crippen LogP contribution in [0.5, 0.6) is 23.0 Å². The van der Waals surface area contributed by atoms with Crippen molar-refractivity contribution in [2.24, 2.45) is 0 Å². The molecule has 0 atom stereocenters. The molecule has 1 aromatic heterocycles. The van der Waals surface area contributed by atoms with Gasteiger partial charge in [-0.3, -0.25) is 0 Å². The first-order chi connectivity index (χ1) is 8.54. The van der Waals surface area contributed by atoms with Gasteiger partial charge in [0.25, 0.3) is 0 Å². The Morgan fingerprint density at radius 1 is 0.833 bits per heavy atom. The first-order valence-electron chi connectivity index (χ1n) is 4.92. The number of hydrogen-bond acceptors (Lipinski definition) is 4.